The summed E-state index contributed by atoms with van der Waals surface area (Å²) < 4.78 is 0. The summed E-state index contributed by atoms with van der Waals surface area (Å²) in [5.41, 5.74) is 1.11. The number of Topliss-reactive ketones (excluding diaryl/α,β-unsaturated/α-hetero) is 1. The third kappa shape index (κ3) is 1.07. The molecular formula is C7H8N2OS. The molecule has 2 rings (SSSR count). The van der Waals surface area contributed by atoms with Crippen molar-refractivity contribution in [2.75, 3.05) is 0 Å². The summed E-state index contributed by atoms with van der Waals surface area (Å²) in [5, 5.41) is 6.88. The van der Waals surface area contributed by atoms with Crippen LogP contribution in [0, 0.1) is 0 Å². The highest BCUT2D eigenvalue weighted by Crippen LogP contribution is 2.35. The van der Waals surface area contributed by atoms with Crippen molar-refractivity contribution < 1.29 is 4.79 Å². The van der Waals surface area contributed by atoms with Crippen LogP contribution in [0.1, 0.15) is 12.6 Å². The fourth-order valence-corrected chi connectivity index (χ4v) is 2.26. The molecular weight excluding hydrogens is 160 g/mol. The minimum Gasteiger partial charge on any atom is -0.299 e. The average Bonchev–Trinajstić information content (AvgIpc) is 2.40. The smallest absolute Gasteiger partial charge is 0.143 e. The fourth-order valence-electron chi connectivity index (χ4n) is 1.16. The Morgan fingerprint density at radius 3 is 3.36 bits per heavy atom. The number of H-pyrrole nitrogens is 1. The first-order valence-corrected chi connectivity index (χ1v) is 4.34. The van der Waals surface area contributed by atoms with Crippen LogP contribution in [0.15, 0.2) is 11.1 Å². The highest BCUT2D eigenvalue weighted by atomic mass is 32.2. The quantitative estimate of drug-likeness (QED) is 0.680. The van der Waals surface area contributed by atoms with Crippen molar-refractivity contribution in [3.8, 4) is 0 Å². The summed E-state index contributed by atoms with van der Waals surface area (Å²) in [7, 11) is 0. The maximum absolute atomic E-state index is 11.0. The van der Waals surface area contributed by atoms with Gasteiger partial charge in [-0.3, -0.25) is 9.89 Å². The van der Waals surface area contributed by atoms with Gasteiger partial charge in [0.25, 0.3) is 0 Å². The number of ketones is 1. The van der Waals surface area contributed by atoms with E-state index in [9.17, 15) is 4.79 Å². The third-order valence-corrected chi connectivity index (χ3v) is 3.18. The lowest BCUT2D eigenvalue weighted by Gasteiger charge is -2.00. The van der Waals surface area contributed by atoms with Gasteiger partial charge in [-0.1, -0.05) is 0 Å². The van der Waals surface area contributed by atoms with Crippen molar-refractivity contribution in [2.45, 2.75) is 23.5 Å². The van der Waals surface area contributed by atoms with Gasteiger partial charge in [0.1, 0.15) is 5.78 Å². The molecule has 0 amide bonds. The van der Waals surface area contributed by atoms with Gasteiger partial charge in [-0.25, -0.2) is 0 Å². The number of nitrogens with zero attached hydrogens (tertiary/aromatic N) is 1. The third-order valence-electron chi connectivity index (χ3n) is 1.79. The van der Waals surface area contributed by atoms with Crippen molar-refractivity contribution >= 4 is 17.5 Å². The SMILES string of the molecule is CC(=O)C1Cc2[nH]ncc2S1. The first kappa shape index (κ1) is 6.91. The van der Waals surface area contributed by atoms with Gasteiger partial charge in [-0.2, -0.15) is 5.10 Å². The molecule has 58 valence electrons. The molecule has 1 N–H and O–H groups in total. The van der Waals surface area contributed by atoms with Crippen LogP contribution >= 0.6 is 11.8 Å². The fraction of sp³-hybridized carbons (Fsp3) is 0.429. The van der Waals surface area contributed by atoms with E-state index in [-0.39, 0.29) is 11.0 Å². The molecule has 0 saturated carbocycles. The molecule has 1 aliphatic rings. The largest absolute Gasteiger partial charge is 0.299 e. The van der Waals surface area contributed by atoms with Gasteiger partial charge < -0.3 is 0 Å². The lowest BCUT2D eigenvalue weighted by atomic mass is 10.2. The second-order valence-electron chi connectivity index (χ2n) is 2.63. The van der Waals surface area contributed by atoms with Gasteiger partial charge in [0, 0.05) is 11.3 Å². The van der Waals surface area contributed by atoms with Crippen LogP contribution < -0.4 is 0 Å². The number of hydrogen-bond acceptors (Lipinski definition) is 3. The van der Waals surface area contributed by atoms with Crippen molar-refractivity contribution in [2.24, 2.45) is 0 Å². The molecule has 4 heteroatoms. The molecule has 1 atom stereocenters. The van der Waals surface area contributed by atoms with E-state index in [1.165, 1.54) is 0 Å². The molecule has 0 saturated heterocycles. The molecule has 0 aromatic carbocycles. The molecule has 1 aromatic heterocycles. The summed E-state index contributed by atoms with van der Waals surface area (Å²) in [4.78, 5) is 12.1. The normalized spacial score (nSPS) is 21.7. The Morgan fingerprint density at radius 2 is 2.73 bits per heavy atom. The highest BCUT2D eigenvalue weighted by molar-refractivity contribution is 8.01. The first-order valence-electron chi connectivity index (χ1n) is 3.46. The monoisotopic (exact) mass is 168 g/mol. The molecule has 1 aromatic rings. The molecule has 1 unspecified atom stereocenters. The Balaban J connectivity index is 2.22. The summed E-state index contributed by atoms with van der Waals surface area (Å²) >= 11 is 1.61. The lowest BCUT2D eigenvalue weighted by Crippen LogP contribution is -2.12. The van der Waals surface area contributed by atoms with E-state index in [4.69, 9.17) is 0 Å². The van der Waals surface area contributed by atoms with E-state index in [0.717, 1.165) is 17.0 Å². The Kier molecular flexibility index (Phi) is 1.49. The van der Waals surface area contributed by atoms with Crippen LogP contribution in [0.4, 0.5) is 0 Å². The predicted octanol–water partition coefficient (Wildman–Crippen LogP) is 1.02. The number of aromatic amines is 1. The van der Waals surface area contributed by atoms with Gasteiger partial charge in [-0.15, -0.1) is 11.8 Å². The minimum atomic E-state index is 0.124. The minimum absolute atomic E-state index is 0.124. The Hall–Kier alpha value is -0.770. The van der Waals surface area contributed by atoms with E-state index < -0.39 is 0 Å². The van der Waals surface area contributed by atoms with Crippen LogP contribution in [0.25, 0.3) is 0 Å². The summed E-state index contributed by atoms with van der Waals surface area (Å²) in [6.45, 7) is 1.64. The lowest BCUT2D eigenvalue weighted by molar-refractivity contribution is -0.116. The van der Waals surface area contributed by atoms with Gasteiger partial charge in [-0.05, 0) is 6.92 Å². The van der Waals surface area contributed by atoms with Crippen LogP contribution in [-0.4, -0.2) is 21.2 Å². The van der Waals surface area contributed by atoms with Gasteiger partial charge >= 0.3 is 0 Å². The number of hydrogen-bond donors (Lipinski definition) is 1. The van der Waals surface area contributed by atoms with Crippen LogP contribution in [0.3, 0.4) is 0 Å². The second kappa shape index (κ2) is 2.37. The van der Waals surface area contributed by atoms with E-state index in [1.807, 2.05) is 0 Å². The van der Waals surface area contributed by atoms with Crippen molar-refractivity contribution in [1.82, 2.24) is 10.2 Å². The van der Waals surface area contributed by atoms with Gasteiger partial charge in [0.15, 0.2) is 0 Å². The van der Waals surface area contributed by atoms with Crippen LogP contribution in [0.5, 0.6) is 0 Å². The van der Waals surface area contributed by atoms with E-state index >= 15 is 0 Å². The maximum Gasteiger partial charge on any atom is 0.143 e. The summed E-state index contributed by atoms with van der Waals surface area (Å²) in [6, 6.07) is 0. The number of aromatic nitrogens is 2. The molecule has 11 heavy (non-hydrogen) atoms. The molecule has 2 heterocycles. The zero-order chi connectivity index (χ0) is 7.84. The average molecular weight is 168 g/mol. The van der Waals surface area contributed by atoms with Crippen molar-refractivity contribution in [1.29, 1.82) is 0 Å². The number of carbonyl (C=O) groups is 1. The summed E-state index contributed by atoms with van der Waals surface area (Å²) in [5.74, 6) is 0.250. The number of thioether (sulfide) groups is 1. The summed E-state index contributed by atoms with van der Waals surface area (Å²) in [6.07, 6.45) is 2.60. The number of carbonyl (C=O) groups excluding carboxylic acids is 1. The Labute approximate surface area is 68.6 Å². The molecule has 3 nitrogen and oxygen atoms in total. The molecule has 0 aliphatic carbocycles. The van der Waals surface area contributed by atoms with E-state index in [0.29, 0.717) is 0 Å². The predicted molar refractivity (Wildman–Crippen MR) is 42.6 cm³/mol. The number of rotatable bonds is 1. The number of nitrogens with one attached hydrogen (secondary N) is 1. The van der Waals surface area contributed by atoms with E-state index in [2.05, 4.69) is 10.2 Å². The zero-order valence-electron chi connectivity index (χ0n) is 6.13. The zero-order valence-corrected chi connectivity index (χ0v) is 6.94. The van der Waals surface area contributed by atoms with Crippen LogP contribution in [-0.2, 0) is 11.2 Å². The molecule has 0 spiro atoms. The molecule has 0 radical (unpaired) electrons. The molecule has 0 bridgehead atoms. The Bertz CT molecular complexity index is 274. The van der Waals surface area contributed by atoms with Crippen LogP contribution in [0.2, 0.25) is 0 Å². The second-order valence-corrected chi connectivity index (χ2v) is 3.88. The maximum atomic E-state index is 11.0. The molecule has 0 fully saturated rings. The van der Waals surface area contributed by atoms with Gasteiger partial charge in [0.2, 0.25) is 0 Å². The van der Waals surface area contributed by atoms with Crippen molar-refractivity contribution in [3.05, 3.63) is 11.9 Å². The standard InChI is InChI=1S/C7H8N2OS/c1-4(10)6-2-5-7(11-6)3-8-9-5/h3,6H,2H2,1H3,(H,8,9). The van der Waals surface area contributed by atoms with E-state index in [1.54, 1.807) is 24.9 Å². The Morgan fingerprint density at radius 1 is 1.91 bits per heavy atom. The number of fused-ring (bicyclic) bond motifs is 1. The van der Waals surface area contributed by atoms with Gasteiger partial charge in [0.05, 0.1) is 17.1 Å². The highest BCUT2D eigenvalue weighted by Gasteiger charge is 2.26. The first-order chi connectivity index (χ1) is 5.27. The topological polar surface area (TPSA) is 45.8 Å². The van der Waals surface area contributed by atoms with Crippen molar-refractivity contribution in [3.63, 3.8) is 0 Å². The molecule has 1 aliphatic heterocycles.